The molecular formula is C10H15ClN2S. The predicted octanol–water partition coefficient (Wildman–Crippen LogP) is 2.68. The van der Waals surface area contributed by atoms with Gasteiger partial charge in [-0.3, -0.25) is 4.90 Å². The monoisotopic (exact) mass is 230 g/mol. The number of likely N-dealkylation sites (N-methyl/N-ethyl adjacent to an activating group) is 1. The Hall–Kier alpha value is -0.380. The summed E-state index contributed by atoms with van der Waals surface area (Å²) in [5.74, 6) is 0.587. The van der Waals surface area contributed by atoms with E-state index in [1.54, 1.807) is 11.3 Å². The van der Waals surface area contributed by atoms with E-state index in [1.165, 1.54) is 0 Å². The lowest BCUT2D eigenvalue weighted by atomic mass is 10.4. The third-order valence-corrected chi connectivity index (χ3v) is 2.77. The fraction of sp³-hybridized carbons (Fsp3) is 0.500. The molecule has 1 aromatic rings. The Balaban J connectivity index is 2.33. The molecule has 0 aliphatic rings. The third kappa shape index (κ3) is 4.22. The summed E-state index contributed by atoms with van der Waals surface area (Å²) in [5, 5.41) is 3.24. The zero-order valence-electron chi connectivity index (χ0n) is 8.53. The highest BCUT2D eigenvalue weighted by Crippen LogP contribution is 2.09. The SMILES string of the molecule is Cc1nc(CN(C)CC=CCCl)cs1. The lowest BCUT2D eigenvalue weighted by Gasteiger charge is -2.11. The van der Waals surface area contributed by atoms with E-state index in [9.17, 15) is 0 Å². The zero-order chi connectivity index (χ0) is 10.4. The molecule has 2 nitrogen and oxygen atoms in total. The Morgan fingerprint density at radius 1 is 1.57 bits per heavy atom. The first kappa shape index (κ1) is 11.7. The topological polar surface area (TPSA) is 16.1 Å². The number of aryl methyl sites for hydroxylation is 1. The molecule has 0 atom stereocenters. The van der Waals surface area contributed by atoms with Crippen LogP contribution in [0.1, 0.15) is 10.7 Å². The van der Waals surface area contributed by atoms with E-state index in [1.807, 2.05) is 13.0 Å². The summed E-state index contributed by atoms with van der Waals surface area (Å²) >= 11 is 7.23. The van der Waals surface area contributed by atoms with Gasteiger partial charge in [0.1, 0.15) is 0 Å². The van der Waals surface area contributed by atoms with Crippen molar-refractivity contribution in [1.82, 2.24) is 9.88 Å². The van der Waals surface area contributed by atoms with Gasteiger partial charge in [0, 0.05) is 24.3 Å². The molecule has 0 spiro atoms. The highest BCUT2D eigenvalue weighted by Gasteiger charge is 2.01. The van der Waals surface area contributed by atoms with E-state index in [4.69, 9.17) is 11.6 Å². The van der Waals surface area contributed by atoms with Gasteiger partial charge >= 0.3 is 0 Å². The van der Waals surface area contributed by atoms with Crippen molar-refractivity contribution >= 4 is 22.9 Å². The minimum atomic E-state index is 0.587. The molecule has 0 N–H and O–H groups in total. The second kappa shape index (κ2) is 6.17. The second-order valence-corrected chi connectivity index (χ2v) is 4.55. The number of nitrogens with zero attached hydrogens (tertiary/aromatic N) is 2. The maximum absolute atomic E-state index is 5.53. The molecule has 1 rings (SSSR count). The fourth-order valence-corrected chi connectivity index (χ4v) is 1.87. The maximum Gasteiger partial charge on any atom is 0.0897 e. The van der Waals surface area contributed by atoms with Crippen LogP contribution in [0.2, 0.25) is 0 Å². The zero-order valence-corrected chi connectivity index (χ0v) is 10.1. The standard InChI is InChI=1S/C10H15ClN2S/c1-9-12-10(8-14-9)7-13(2)6-4-3-5-11/h3-4,8H,5-7H2,1-2H3. The van der Waals surface area contributed by atoms with E-state index in [-0.39, 0.29) is 0 Å². The lowest BCUT2D eigenvalue weighted by Crippen LogP contribution is -2.17. The average Bonchev–Trinajstić information content (AvgIpc) is 2.52. The molecule has 0 aromatic carbocycles. The summed E-state index contributed by atoms with van der Waals surface area (Å²) in [7, 11) is 2.08. The van der Waals surface area contributed by atoms with E-state index in [0.29, 0.717) is 5.88 Å². The van der Waals surface area contributed by atoms with Crippen molar-refractivity contribution < 1.29 is 0 Å². The molecular weight excluding hydrogens is 216 g/mol. The van der Waals surface area contributed by atoms with Gasteiger partial charge in [-0.1, -0.05) is 12.2 Å². The van der Waals surface area contributed by atoms with E-state index >= 15 is 0 Å². The number of hydrogen-bond acceptors (Lipinski definition) is 3. The van der Waals surface area contributed by atoms with Crippen LogP contribution in [0.5, 0.6) is 0 Å². The van der Waals surface area contributed by atoms with Crippen molar-refractivity contribution in [2.24, 2.45) is 0 Å². The largest absolute Gasteiger partial charge is 0.297 e. The number of alkyl halides is 1. The number of halogens is 1. The number of thiazole rings is 1. The molecule has 0 aliphatic heterocycles. The van der Waals surface area contributed by atoms with Crippen molar-refractivity contribution in [3.63, 3.8) is 0 Å². The molecule has 1 heterocycles. The minimum absolute atomic E-state index is 0.587. The molecule has 0 aliphatic carbocycles. The fourth-order valence-electron chi connectivity index (χ4n) is 1.14. The molecule has 4 heteroatoms. The first-order valence-electron chi connectivity index (χ1n) is 4.53. The quantitative estimate of drug-likeness (QED) is 0.571. The summed E-state index contributed by atoms with van der Waals surface area (Å²) in [6.07, 6.45) is 4.04. The molecule has 0 radical (unpaired) electrons. The number of aromatic nitrogens is 1. The number of hydrogen-bond donors (Lipinski definition) is 0. The van der Waals surface area contributed by atoms with Gasteiger partial charge in [-0.15, -0.1) is 22.9 Å². The normalized spacial score (nSPS) is 11.7. The van der Waals surface area contributed by atoms with Crippen molar-refractivity contribution in [3.8, 4) is 0 Å². The summed E-state index contributed by atoms with van der Waals surface area (Å²) in [6.45, 7) is 3.85. The minimum Gasteiger partial charge on any atom is -0.297 e. The van der Waals surface area contributed by atoms with Gasteiger partial charge < -0.3 is 0 Å². The first-order valence-corrected chi connectivity index (χ1v) is 5.94. The molecule has 0 saturated carbocycles. The summed E-state index contributed by atoms with van der Waals surface area (Å²) in [4.78, 5) is 6.61. The van der Waals surface area contributed by atoms with E-state index in [0.717, 1.165) is 23.8 Å². The molecule has 0 saturated heterocycles. The van der Waals surface area contributed by atoms with Crippen LogP contribution in [0.25, 0.3) is 0 Å². The van der Waals surface area contributed by atoms with Crippen LogP contribution >= 0.6 is 22.9 Å². The lowest BCUT2D eigenvalue weighted by molar-refractivity contribution is 0.359. The van der Waals surface area contributed by atoms with E-state index in [2.05, 4.69) is 28.4 Å². The van der Waals surface area contributed by atoms with Gasteiger partial charge in [0.15, 0.2) is 0 Å². The Kier molecular flexibility index (Phi) is 5.15. The third-order valence-electron chi connectivity index (χ3n) is 1.77. The molecule has 0 unspecified atom stereocenters. The van der Waals surface area contributed by atoms with Crippen LogP contribution in [-0.2, 0) is 6.54 Å². The summed E-state index contributed by atoms with van der Waals surface area (Å²) in [6, 6.07) is 0. The Bertz CT molecular complexity index is 296. The average molecular weight is 231 g/mol. The van der Waals surface area contributed by atoms with Gasteiger partial charge in [0.25, 0.3) is 0 Å². The molecule has 14 heavy (non-hydrogen) atoms. The molecule has 0 bridgehead atoms. The molecule has 1 aromatic heterocycles. The predicted molar refractivity (Wildman–Crippen MR) is 63.0 cm³/mol. The van der Waals surface area contributed by atoms with Gasteiger partial charge in [-0.2, -0.15) is 0 Å². The van der Waals surface area contributed by atoms with Crippen molar-refractivity contribution in [2.45, 2.75) is 13.5 Å². The first-order chi connectivity index (χ1) is 6.72. The second-order valence-electron chi connectivity index (χ2n) is 3.18. The van der Waals surface area contributed by atoms with Crippen molar-refractivity contribution in [1.29, 1.82) is 0 Å². The van der Waals surface area contributed by atoms with Crippen LogP contribution in [0.3, 0.4) is 0 Å². The van der Waals surface area contributed by atoms with Crippen molar-refractivity contribution in [3.05, 3.63) is 28.2 Å². The molecule has 78 valence electrons. The Morgan fingerprint density at radius 2 is 2.36 bits per heavy atom. The van der Waals surface area contributed by atoms with Crippen LogP contribution in [-0.4, -0.2) is 29.4 Å². The maximum atomic E-state index is 5.53. The van der Waals surface area contributed by atoms with Gasteiger partial charge in [0.2, 0.25) is 0 Å². The Labute approximate surface area is 94.2 Å². The van der Waals surface area contributed by atoms with Gasteiger partial charge in [-0.05, 0) is 14.0 Å². The molecule has 0 fully saturated rings. The van der Waals surface area contributed by atoms with Crippen LogP contribution in [0.4, 0.5) is 0 Å². The van der Waals surface area contributed by atoms with Gasteiger partial charge in [-0.25, -0.2) is 4.98 Å². The summed E-state index contributed by atoms with van der Waals surface area (Å²) in [5.41, 5.74) is 1.15. The number of rotatable bonds is 5. The summed E-state index contributed by atoms with van der Waals surface area (Å²) < 4.78 is 0. The van der Waals surface area contributed by atoms with Gasteiger partial charge in [0.05, 0.1) is 10.7 Å². The van der Waals surface area contributed by atoms with E-state index < -0.39 is 0 Å². The Morgan fingerprint density at radius 3 is 2.93 bits per heavy atom. The molecule has 0 amide bonds. The highest BCUT2D eigenvalue weighted by molar-refractivity contribution is 7.09. The van der Waals surface area contributed by atoms with Crippen molar-refractivity contribution in [2.75, 3.05) is 19.5 Å². The van der Waals surface area contributed by atoms with Crippen LogP contribution in [0, 0.1) is 6.92 Å². The van der Waals surface area contributed by atoms with Crippen LogP contribution < -0.4 is 0 Å². The highest BCUT2D eigenvalue weighted by atomic mass is 35.5. The van der Waals surface area contributed by atoms with Crippen LogP contribution in [0.15, 0.2) is 17.5 Å². The number of allylic oxidation sites excluding steroid dienone is 1. The smallest absolute Gasteiger partial charge is 0.0897 e.